The van der Waals surface area contributed by atoms with E-state index in [0.717, 1.165) is 43.5 Å². The Morgan fingerprint density at radius 1 is 1.03 bits per heavy atom. The smallest absolute Gasteiger partial charge is 0.490 e. The Morgan fingerprint density at radius 3 is 2.21 bits per heavy atom. The van der Waals surface area contributed by atoms with Gasteiger partial charge in [-0.25, -0.2) is 14.6 Å². The van der Waals surface area contributed by atoms with E-state index in [0.29, 0.717) is 12.5 Å². The quantitative estimate of drug-likeness (QED) is 0.453. The molecule has 1 unspecified atom stereocenters. The normalized spacial score (nSPS) is 15.6. The highest BCUT2D eigenvalue weighted by Crippen LogP contribution is 2.19. The summed E-state index contributed by atoms with van der Waals surface area (Å²) in [6.07, 6.45) is -1.04. The van der Waals surface area contributed by atoms with Crippen LogP contribution in [0.4, 0.5) is 26.3 Å². The number of hydrogen-bond donors (Lipinski definition) is 2. The SMILES string of the molecule is O=C(O)C(F)(F)F.O=C(O)C(F)(F)F.c1cncc(OCC2CN(Cc3ccco3)Cc3nccn3C2)c1. The van der Waals surface area contributed by atoms with Crippen molar-refractivity contribution in [2.45, 2.75) is 32.0 Å². The van der Waals surface area contributed by atoms with Crippen LogP contribution >= 0.6 is 0 Å². The molecule has 38 heavy (non-hydrogen) atoms. The summed E-state index contributed by atoms with van der Waals surface area (Å²) in [4.78, 5) is 28.7. The van der Waals surface area contributed by atoms with E-state index < -0.39 is 24.3 Å². The number of aliphatic carboxylic acids is 2. The summed E-state index contributed by atoms with van der Waals surface area (Å²) >= 11 is 0. The summed E-state index contributed by atoms with van der Waals surface area (Å²) in [6.45, 7) is 4.09. The molecule has 1 atom stereocenters. The van der Waals surface area contributed by atoms with Gasteiger partial charge >= 0.3 is 24.3 Å². The third kappa shape index (κ3) is 10.5. The van der Waals surface area contributed by atoms with Gasteiger partial charge in [-0.3, -0.25) is 9.88 Å². The fourth-order valence-corrected chi connectivity index (χ4v) is 3.12. The highest BCUT2D eigenvalue weighted by molar-refractivity contribution is 5.73. The molecular weight excluding hydrogens is 530 g/mol. The minimum atomic E-state index is -5.08. The van der Waals surface area contributed by atoms with Crippen molar-refractivity contribution in [3.05, 3.63) is 66.9 Å². The Kier molecular flexibility index (Phi) is 10.7. The van der Waals surface area contributed by atoms with Crippen LogP contribution in [0.1, 0.15) is 11.6 Å². The predicted molar refractivity (Wildman–Crippen MR) is 116 cm³/mol. The monoisotopic (exact) mass is 552 g/mol. The van der Waals surface area contributed by atoms with E-state index in [-0.39, 0.29) is 0 Å². The Labute approximate surface area is 211 Å². The minimum Gasteiger partial charge on any atom is -0.492 e. The lowest BCUT2D eigenvalue weighted by atomic mass is 10.1. The van der Waals surface area contributed by atoms with Crippen molar-refractivity contribution in [3.63, 3.8) is 0 Å². The molecule has 3 aromatic rings. The second-order valence-corrected chi connectivity index (χ2v) is 7.72. The van der Waals surface area contributed by atoms with Crippen molar-refractivity contribution in [1.82, 2.24) is 19.4 Å². The van der Waals surface area contributed by atoms with Crippen molar-refractivity contribution >= 4 is 11.9 Å². The topological polar surface area (TPSA) is 131 Å². The first-order valence-corrected chi connectivity index (χ1v) is 10.6. The first kappa shape index (κ1) is 30.1. The molecule has 0 amide bonds. The van der Waals surface area contributed by atoms with Crippen molar-refractivity contribution < 1.29 is 55.3 Å². The van der Waals surface area contributed by atoms with Crippen LogP contribution in [0.25, 0.3) is 0 Å². The first-order valence-electron chi connectivity index (χ1n) is 10.6. The average Bonchev–Trinajstić information content (AvgIpc) is 3.47. The van der Waals surface area contributed by atoms with Crippen LogP contribution < -0.4 is 4.74 Å². The van der Waals surface area contributed by atoms with Gasteiger partial charge < -0.3 is 23.9 Å². The molecule has 0 radical (unpaired) electrons. The molecule has 10 nitrogen and oxygen atoms in total. The zero-order valence-electron chi connectivity index (χ0n) is 19.4. The molecule has 0 saturated carbocycles. The van der Waals surface area contributed by atoms with Crippen LogP contribution in [0, 0.1) is 5.92 Å². The first-order chi connectivity index (χ1) is 17.8. The van der Waals surface area contributed by atoms with Gasteiger partial charge in [0.1, 0.15) is 17.3 Å². The Hall–Kier alpha value is -4.08. The van der Waals surface area contributed by atoms with Gasteiger partial charge in [0.2, 0.25) is 0 Å². The number of ether oxygens (including phenoxy) is 1. The number of aromatic nitrogens is 3. The van der Waals surface area contributed by atoms with E-state index >= 15 is 0 Å². The molecule has 0 spiro atoms. The number of rotatable bonds is 5. The zero-order chi connectivity index (χ0) is 28.3. The number of fused-ring (bicyclic) bond motifs is 1. The zero-order valence-corrected chi connectivity index (χ0v) is 19.4. The lowest BCUT2D eigenvalue weighted by molar-refractivity contribution is -0.193. The van der Waals surface area contributed by atoms with Crippen LogP contribution in [0.3, 0.4) is 0 Å². The number of carbonyl (C=O) groups is 2. The molecule has 0 fully saturated rings. The van der Waals surface area contributed by atoms with Gasteiger partial charge in [-0.05, 0) is 24.3 Å². The molecule has 0 saturated heterocycles. The molecule has 208 valence electrons. The van der Waals surface area contributed by atoms with Crippen molar-refractivity contribution in [2.75, 3.05) is 13.2 Å². The third-order valence-corrected chi connectivity index (χ3v) is 4.70. The maximum Gasteiger partial charge on any atom is 0.490 e. The van der Waals surface area contributed by atoms with Crippen molar-refractivity contribution in [1.29, 1.82) is 0 Å². The minimum absolute atomic E-state index is 0.371. The van der Waals surface area contributed by atoms with Crippen LogP contribution in [-0.4, -0.2) is 67.1 Å². The van der Waals surface area contributed by atoms with Crippen LogP contribution in [0.15, 0.2) is 59.7 Å². The molecule has 16 heteroatoms. The van der Waals surface area contributed by atoms with E-state index in [1.54, 1.807) is 18.7 Å². The Bertz CT molecular complexity index is 1110. The van der Waals surface area contributed by atoms with Gasteiger partial charge in [0, 0.05) is 37.6 Å². The van der Waals surface area contributed by atoms with E-state index in [2.05, 4.69) is 19.4 Å². The summed E-state index contributed by atoms with van der Waals surface area (Å²) in [6, 6.07) is 7.77. The molecule has 3 aromatic heterocycles. The van der Waals surface area contributed by atoms with E-state index in [9.17, 15) is 26.3 Å². The van der Waals surface area contributed by atoms with Gasteiger partial charge in [-0.2, -0.15) is 26.3 Å². The summed E-state index contributed by atoms with van der Waals surface area (Å²) < 4.78 is 77.1. The second-order valence-electron chi connectivity index (χ2n) is 7.72. The Morgan fingerprint density at radius 2 is 1.68 bits per heavy atom. The maximum absolute atomic E-state index is 10.6. The molecule has 4 heterocycles. The summed E-state index contributed by atoms with van der Waals surface area (Å²) in [5, 5.41) is 14.2. The molecule has 0 aliphatic carbocycles. The molecule has 1 aliphatic rings. The largest absolute Gasteiger partial charge is 0.492 e. The Balaban J connectivity index is 0.000000301. The number of alkyl halides is 6. The molecule has 0 aromatic carbocycles. The predicted octanol–water partition coefficient (Wildman–Crippen LogP) is 3.85. The number of imidazole rings is 1. The third-order valence-electron chi connectivity index (χ3n) is 4.70. The van der Waals surface area contributed by atoms with E-state index in [4.69, 9.17) is 29.0 Å². The number of carboxylic acids is 2. The van der Waals surface area contributed by atoms with Crippen LogP contribution in [0.2, 0.25) is 0 Å². The second kappa shape index (κ2) is 13.5. The summed E-state index contributed by atoms with van der Waals surface area (Å²) in [5.74, 6) is -2.27. The lowest BCUT2D eigenvalue weighted by Gasteiger charge is -2.23. The number of pyridine rings is 1. The highest BCUT2D eigenvalue weighted by atomic mass is 19.4. The van der Waals surface area contributed by atoms with Crippen molar-refractivity contribution in [2.24, 2.45) is 5.92 Å². The standard InChI is InChI=1S/C18H20N4O2.2C2HF3O2/c1-3-16(9-19-5-1)24-14-15-10-21(12-17-4-2-8-23-17)13-18-20-6-7-22(18)11-15;2*3-2(4,5)1(6)7/h1-9,15H,10-14H2;2*(H,6,7). The van der Waals surface area contributed by atoms with Gasteiger partial charge in [0.15, 0.2) is 0 Å². The summed E-state index contributed by atoms with van der Waals surface area (Å²) in [5.41, 5.74) is 0. The van der Waals surface area contributed by atoms with E-state index in [1.165, 1.54) is 0 Å². The van der Waals surface area contributed by atoms with Gasteiger partial charge in [0.25, 0.3) is 0 Å². The highest BCUT2D eigenvalue weighted by Gasteiger charge is 2.38. The average molecular weight is 552 g/mol. The fourth-order valence-electron chi connectivity index (χ4n) is 3.12. The molecule has 2 N–H and O–H groups in total. The van der Waals surface area contributed by atoms with Gasteiger partial charge in [0.05, 0.1) is 32.2 Å². The van der Waals surface area contributed by atoms with Crippen LogP contribution in [0.5, 0.6) is 5.75 Å². The summed E-state index contributed by atoms with van der Waals surface area (Å²) in [7, 11) is 0. The molecule has 1 aliphatic heterocycles. The molecule has 4 rings (SSSR count). The van der Waals surface area contributed by atoms with Crippen LogP contribution in [-0.2, 0) is 29.2 Å². The number of nitrogens with zero attached hydrogens (tertiary/aromatic N) is 4. The van der Waals surface area contributed by atoms with Crippen molar-refractivity contribution in [3.8, 4) is 5.75 Å². The maximum atomic E-state index is 10.6. The fraction of sp³-hybridized carbons (Fsp3) is 0.364. The van der Waals surface area contributed by atoms with E-state index in [1.807, 2.05) is 36.7 Å². The van der Waals surface area contributed by atoms with Gasteiger partial charge in [-0.1, -0.05) is 0 Å². The number of carboxylic acid groups (broad SMARTS) is 2. The number of hydrogen-bond acceptors (Lipinski definition) is 7. The molecule has 0 bridgehead atoms. The number of halogens is 6. The molecular formula is C22H22F6N4O6. The van der Waals surface area contributed by atoms with Gasteiger partial charge in [-0.15, -0.1) is 0 Å². The number of furan rings is 1. The lowest BCUT2D eigenvalue weighted by Crippen LogP contribution is -2.30.